The van der Waals surface area contributed by atoms with Crippen LogP contribution in [0.4, 0.5) is 10.8 Å². The summed E-state index contributed by atoms with van der Waals surface area (Å²) in [5, 5.41) is 12.5. The Hall–Kier alpha value is -2.39. The van der Waals surface area contributed by atoms with Crippen molar-refractivity contribution in [3.63, 3.8) is 0 Å². The maximum atomic E-state index is 11.5. The second-order valence-electron chi connectivity index (χ2n) is 3.74. The van der Waals surface area contributed by atoms with Crippen molar-refractivity contribution in [2.45, 2.75) is 6.92 Å². The summed E-state index contributed by atoms with van der Waals surface area (Å²) in [6, 6.07) is 9.11. The zero-order valence-corrected chi connectivity index (χ0v) is 11.2. The monoisotopic (exact) mass is 273 g/mol. The fourth-order valence-corrected chi connectivity index (χ4v) is 2.43. The summed E-state index contributed by atoms with van der Waals surface area (Å²) in [6.07, 6.45) is 0. The summed E-state index contributed by atoms with van der Waals surface area (Å²) in [7, 11) is 1.34. The van der Waals surface area contributed by atoms with Crippen LogP contribution in [0.25, 0.3) is 0 Å². The molecule has 2 aromatic rings. The van der Waals surface area contributed by atoms with Crippen molar-refractivity contribution in [3.8, 4) is 6.07 Å². The molecule has 0 aliphatic rings. The molecule has 19 heavy (non-hydrogen) atoms. The Balaban J connectivity index is 2.24. The van der Waals surface area contributed by atoms with Crippen LogP contribution < -0.4 is 5.32 Å². The maximum absolute atomic E-state index is 11.5. The van der Waals surface area contributed by atoms with E-state index >= 15 is 0 Å². The first kappa shape index (κ1) is 13.1. The largest absolute Gasteiger partial charge is 0.465 e. The lowest BCUT2D eigenvalue weighted by Crippen LogP contribution is -1.99. The number of aryl methyl sites for hydroxylation is 1. The second-order valence-corrected chi connectivity index (χ2v) is 4.74. The van der Waals surface area contributed by atoms with Gasteiger partial charge < -0.3 is 10.1 Å². The van der Waals surface area contributed by atoms with E-state index in [1.165, 1.54) is 18.4 Å². The van der Waals surface area contributed by atoms with E-state index in [0.717, 1.165) is 5.69 Å². The van der Waals surface area contributed by atoms with Gasteiger partial charge in [-0.1, -0.05) is 17.4 Å². The lowest BCUT2D eigenvalue weighted by atomic mass is 10.2. The SMILES string of the molecule is COC(=O)c1sc(Nc2cccc(C#N)c2)nc1C. The molecule has 0 radical (unpaired) electrons. The number of anilines is 2. The normalized spacial score (nSPS) is 9.74. The average molecular weight is 273 g/mol. The molecular weight excluding hydrogens is 262 g/mol. The Morgan fingerprint density at radius 1 is 1.53 bits per heavy atom. The molecule has 1 N–H and O–H groups in total. The van der Waals surface area contributed by atoms with Crippen molar-refractivity contribution < 1.29 is 9.53 Å². The molecule has 0 saturated carbocycles. The van der Waals surface area contributed by atoms with E-state index in [2.05, 4.69) is 21.1 Å². The molecule has 0 fully saturated rings. The summed E-state index contributed by atoms with van der Waals surface area (Å²) in [5.74, 6) is -0.395. The minimum absolute atomic E-state index is 0.395. The quantitative estimate of drug-likeness (QED) is 0.870. The number of hydrogen-bond acceptors (Lipinski definition) is 6. The van der Waals surface area contributed by atoms with Gasteiger partial charge in [0.15, 0.2) is 5.13 Å². The van der Waals surface area contributed by atoms with Gasteiger partial charge in [0.25, 0.3) is 0 Å². The van der Waals surface area contributed by atoms with Crippen molar-refractivity contribution in [3.05, 3.63) is 40.4 Å². The first-order valence-corrected chi connectivity index (χ1v) is 6.28. The van der Waals surface area contributed by atoms with Crippen LogP contribution in [0.15, 0.2) is 24.3 Å². The van der Waals surface area contributed by atoms with Crippen LogP contribution in [0.5, 0.6) is 0 Å². The number of esters is 1. The Bertz CT molecular complexity index is 658. The third-order valence-electron chi connectivity index (χ3n) is 2.41. The third kappa shape index (κ3) is 2.89. The van der Waals surface area contributed by atoms with E-state index in [1.807, 2.05) is 6.07 Å². The van der Waals surface area contributed by atoms with Gasteiger partial charge in [-0.25, -0.2) is 9.78 Å². The van der Waals surface area contributed by atoms with Gasteiger partial charge in [-0.15, -0.1) is 0 Å². The molecule has 2 rings (SSSR count). The van der Waals surface area contributed by atoms with Crippen LogP contribution in [0.2, 0.25) is 0 Å². The summed E-state index contributed by atoms with van der Waals surface area (Å²) in [6.45, 7) is 1.75. The van der Waals surface area contributed by atoms with E-state index in [-0.39, 0.29) is 0 Å². The standard InChI is InChI=1S/C13H11N3O2S/c1-8-11(12(17)18-2)19-13(15-8)16-10-5-3-4-9(6-10)7-14/h3-6H,1-2H3,(H,15,16). The Morgan fingerprint density at radius 2 is 2.32 bits per heavy atom. The minimum Gasteiger partial charge on any atom is -0.465 e. The molecule has 0 aliphatic heterocycles. The van der Waals surface area contributed by atoms with Crippen molar-refractivity contribution in [2.75, 3.05) is 12.4 Å². The van der Waals surface area contributed by atoms with E-state index in [1.54, 1.807) is 25.1 Å². The highest BCUT2D eigenvalue weighted by Gasteiger charge is 2.15. The molecule has 1 aromatic carbocycles. The van der Waals surface area contributed by atoms with Gasteiger partial charge in [0.2, 0.25) is 0 Å². The van der Waals surface area contributed by atoms with Gasteiger partial charge in [-0.05, 0) is 25.1 Å². The highest BCUT2D eigenvalue weighted by atomic mass is 32.1. The number of methoxy groups -OCH3 is 1. The number of thiazole rings is 1. The molecule has 0 amide bonds. The predicted molar refractivity (Wildman–Crippen MR) is 72.6 cm³/mol. The summed E-state index contributed by atoms with van der Waals surface area (Å²) < 4.78 is 4.68. The van der Waals surface area contributed by atoms with Crippen LogP contribution in [-0.4, -0.2) is 18.1 Å². The molecule has 0 unspecified atom stereocenters. The van der Waals surface area contributed by atoms with E-state index in [0.29, 0.717) is 21.3 Å². The Morgan fingerprint density at radius 3 is 3.00 bits per heavy atom. The lowest BCUT2D eigenvalue weighted by Gasteiger charge is -2.01. The Kier molecular flexibility index (Phi) is 3.78. The number of nitrogens with zero attached hydrogens (tertiary/aromatic N) is 2. The van der Waals surface area contributed by atoms with Crippen molar-refractivity contribution in [1.82, 2.24) is 4.98 Å². The fraction of sp³-hybridized carbons (Fsp3) is 0.154. The van der Waals surface area contributed by atoms with Crippen LogP contribution >= 0.6 is 11.3 Å². The number of carbonyl (C=O) groups excluding carboxylic acids is 1. The highest BCUT2D eigenvalue weighted by Crippen LogP contribution is 2.26. The number of carbonyl (C=O) groups is 1. The number of benzene rings is 1. The number of ether oxygens (including phenoxy) is 1. The van der Waals surface area contributed by atoms with E-state index in [4.69, 9.17) is 5.26 Å². The molecular formula is C13H11N3O2S. The molecule has 6 heteroatoms. The molecule has 1 heterocycles. The van der Waals surface area contributed by atoms with Crippen LogP contribution in [0, 0.1) is 18.3 Å². The first-order chi connectivity index (χ1) is 9.13. The molecule has 0 atom stereocenters. The number of rotatable bonds is 3. The van der Waals surface area contributed by atoms with Crippen molar-refractivity contribution in [2.24, 2.45) is 0 Å². The van der Waals surface area contributed by atoms with Crippen LogP contribution in [-0.2, 0) is 4.74 Å². The fourth-order valence-electron chi connectivity index (χ4n) is 1.52. The molecule has 0 spiro atoms. The van der Waals surface area contributed by atoms with Crippen LogP contribution in [0.3, 0.4) is 0 Å². The molecule has 0 aliphatic carbocycles. The summed E-state index contributed by atoms with van der Waals surface area (Å²) in [5.41, 5.74) is 1.94. The van der Waals surface area contributed by atoms with Crippen molar-refractivity contribution in [1.29, 1.82) is 5.26 Å². The minimum atomic E-state index is -0.395. The average Bonchev–Trinajstić information content (AvgIpc) is 2.79. The molecule has 5 nitrogen and oxygen atoms in total. The summed E-state index contributed by atoms with van der Waals surface area (Å²) in [4.78, 5) is 16.2. The van der Waals surface area contributed by atoms with Gasteiger partial charge in [0, 0.05) is 5.69 Å². The molecule has 1 aromatic heterocycles. The smallest absolute Gasteiger partial charge is 0.350 e. The number of nitriles is 1. The van der Waals surface area contributed by atoms with Crippen LogP contribution in [0.1, 0.15) is 20.9 Å². The zero-order chi connectivity index (χ0) is 13.8. The third-order valence-corrected chi connectivity index (χ3v) is 3.46. The Labute approximate surface area is 114 Å². The molecule has 0 bridgehead atoms. The lowest BCUT2D eigenvalue weighted by molar-refractivity contribution is 0.0605. The predicted octanol–water partition coefficient (Wildman–Crippen LogP) is 2.85. The second kappa shape index (κ2) is 5.50. The number of nitrogens with one attached hydrogen (secondary N) is 1. The summed E-state index contributed by atoms with van der Waals surface area (Å²) >= 11 is 1.22. The van der Waals surface area contributed by atoms with E-state index < -0.39 is 5.97 Å². The maximum Gasteiger partial charge on any atom is 0.350 e. The van der Waals surface area contributed by atoms with Gasteiger partial charge in [0.1, 0.15) is 4.88 Å². The van der Waals surface area contributed by atoms with Gasteiger partial charge in [0.05, 0.1) is 24.4 Å². The number of hydrogen-bond donors (Lipinski definition) is 1. The first-order valence-electron chi connectivity index (χ1n) is 5.47. The van der Waals surface area contributed by atoms with Gasteiger partial charge >= 0.3 is 5.97 Å². The van der Waals surface area contributed by atoms with Crippen molar-refractivity contribution >= 4 is 28.1 Å². The highest BCUT2D eigenvalue weighted by molar-refractivity contribution is 7.17. The zero-order valence-electron chi connectivity index (χ0n) is 10.4. The molecule has 0 saturated heterocycles. The van der Waals surface area contributed by atoms with Gasteiger partial charge in [-0.2, -0.15) is 5.26 Å². The van der Waals surface area contributed by atoms with E-state index in [9.17, 15) is 4.79 Å². The van der Waals surface area contributed by atoms with Gasteiger partial charge in [-0.3, -0.25) is 0 Å². The number of aromatic nitrogens is 1. The topological polar surface area (TPSA) is 75.0 Å². The molecule has 96 valence electrons.